The van der Waals surface area contributed by atoms with Crippen molar-refractivity contribution in [2.75, 3.05) is 6.54 Å². The van der Waals surface area contributed by atoms with E-state index >= 15 is 0 Å². The van der Waals surface area contributed by atoms with Crippen LogP contribution in [-0.2, 0) is 0 Å². The molecule has 0 bridgehead atoms. The molecule has 0 fully saturated rings. The molecule has 13 heavy (non-hydrogen) atoms. The van der Waals surface area contributed by atoms with E-state index in [0.29, 0.717) is 12.1 Å². The average molecular weight is 173 g/mol. The summed E-state index contributed by atoms with van der Waals surface area (Å²) in [6.45, 7) is 1.90. The van der Waals surface area contributed by atoms with E-state index in [1.165, 1.54) is 0 Å². The smallest absolute Gasteiger partial charge is 0.159 e. The molecule has 0 aliphatic heterocycles. The number of ketones is 1. The second-order valence-electron chi connectivity index (χ2n) is 2.64. The molecule has 0 saturated carbocycles. The van der Waals surface area contributed by atoms with Crippen molar-refractivity contribution in [2.45, 2.75) is 6.92 Å². The van der Waals surface area contributed by atoms with Crippen LogP contribution in [0.2, 0.25) is 0 Å². The van der Waals surface area contributed by atoms with E-state index in [1.807, 2.05) is 12.1 Å². The zero-order chi connectivity index (χ0) is 9.68. The first kappa shape index (κ1) is 9.50. The molecule has 1 rings (SSSR count). The van der Waals surface area contributed by atoms with Crippen molar-refractivity contribution in [3.63, 3.8) is 0 Å². The summed E-state index contributed by atoms with van der Waals surface area (Å²) in [5.41, 5.74) is 6.82. The van der Waals surface area contributed by atoms with Gasteiger partial charge in [0.15, 0.2) is 5.78 Å². The van der Waals surface area contributed by atoms with Crippen LogP contribution in [0.4, 0.5) is 0 Å². The van der Waals surface area contributed by atoms with Gasteiger partial charge in [0.25, 0.3) is 0 Å². The van der Waals surface area contributed by atoms with Gasteiger partial charge in [-0.3, -0.25) is 4.79 Å². The van der Waals surface area contributed by atoms with Crippen LogP contribution in [0.25, 0.3) is 0 Å². The van der Waals surface area contributed by atoms with E-state index in [1.54, 1.807) is 19.1 Å². The van der Waals surface area contributed by atoms with E-state index in [2.05, 4.69) is 11.8 Å². The van der Waals surface area contributed by atoms with Crippen LogP contribution in [0.15, 0.2) is 24.3 Å². The van der Waals surface area contributed by atoms with Crippen LogP contribution in [0.3, 0.4) is 0 Å². The molecule has 1 aromatic carbocycles. The van der Waals surface area contributed by atoms with Crippen molar-refractivity contribution in [1.29, 1.82) is 0 Å². The van der Waals surface area contributed by atoms with Gasteiger partial charge in [-0.15, -0.1) is 0 Å². The molecule has 0 unspecified atom stereocenters. The van der Waals surface area contributed by atoms with E-state index in [-0.39, 0.29) is 5.78 Å². The lowest BCUT2D eigenvalue weighted by Gasteiger charge is -1.94. The van der Waals surface area contributed by atoms with Crippen LogP contribution in [0.1, 0.15) is 22.8 Å². The minimum absolute atomic E-state index is 0.0679. The molecule has 0 aliphatic rings. The maximum absolute atomic E-state index is 10.9. The van der Waals surface area contributed by atoms with Gasteiger partial charge in [0.1, 0.15) is 0 Å². The number of hydrogen-bond acceptors (Lipinski definition) is 2. The van der Waals surface area contributed by atoms with Gasteiger partial charge in [-0.25, -0.2) is 0 Å². The standard InChI is InChI=1S/C11H11NO/c1-9(13)11-6-4-10(5-7-11)3-2-8-12/h4-7H,8,12H2,1H3. The van der Waals surface area contributed by atoms with Crippen molar-refractivity contribution in [2.24, 2.45) is 5.73 Å². The Morgan fingerprint density at radius 3 is 2.46 bits per heavy atom. The molecular weight excluding hydrogens is 162 g/mol. The topological polar surface area (TPSA) is 43.1 Å². The number of hydrogen-bond donors (Lipinski definition) is 1. The Kier molecular flexibility index (Phi) is 3.24. The quantitative estimate of drug-likeness (QED) is 0.512. The molecule has 2 heteroatoms. The van der Waals surface area contributed by atoms with Crippen molar-refractivity contribution in [3.8, 4) is 11.8 Å². The SMILES string of the molecule is CC(=O)c1ccc(C#CCN)cc1. The molecule has 0 heterocycles. The Bertz CT molecular complexity index is 354. The van der Waals surface area contributed by atoms with Gasteiger partial charge in [-0.1, -0.05) is 24.0 Å². The predicted octanol–water partition coefficient (Wildman–Crippen LogP) is 1.20. The Morgan fingerprint density at radius 1 is 1.38 bits per heavy atom. The minimum Gasteiger partial charge on any atom is -0.320 e. The summed E-state index contributed by atoms with van der Waals surface area (Å²) in [5.74, 6) is 5.70. The van der Waals surface area contributed by atoms with Crippen LogP contribution in [-0.4, -0.2) is 12.3 Å². The molecule has 2 N–H and O–H groups in total. The van der Waals surface area contributed by atoms with Crippen LogP contribution in [0, 0.1) is 11.8 Å². The Hall–Kier alpha value is -1.59. The number of carbonyl (C=O) groups is 1. The van der Waals surface area contributed by atoms with Crippen LogP contribution in [0.5, 0.6) is 0 Å². The van der Waals surface area contributed by atoms with Crippen LogP contribution < -0.4 is 5.73 Å². The first-order valence-corrected chi connectivity index (χ1v) is 4.04. The molecule has 0 atom stereocenters. The third-order valence-corrected chi connectivity index (χ3v) is 1.63. The Labute approximate surface area is 77.8 Å². The second kappa shape index (κ2) is 4.44. The highest BCUT2D eigenvalue weighted by atomic mass is 16.1. The maximum Gasteiger partial charge on any atom is 0.159 e. The Balaban J connectivity index is 2.87. The number of carbonyl (C=O) groups excluding carboxylic acids is 1. The molecule has 1 aromatic rings. The normalized spacial score (nSPS) is 8.77. The van der Waals surface area contributed by atoms with Gasteiger partial charge in [-0.2, -0.15) is 0 Å². The molecule has 0 spiro atoms. The molecule has 66 valence electrons. The summed E-state index contributed by atoms with van der Waals surface area (Å²) >= 11 is 0. The lowest BCUT2D eigenvalue weighted by Crippen LogP contribution is -1.93. The third kappa shape index (κ3) is 2.73. The summed E-state index contributed by atoms with van der Waals surface area (Å²) < 4.78 is 0. The fraction of sp³-hybridized carbons (Fsp3) is 0.182. The van der Waals surface area contributed by atoms with E-state index < -0.39 is 0 Å². The minimum atomic E-state index is 0.0679. The van der Waals surface area contributed by atoms with Crippen molar-refractivity contribution in [1.82, 2.24) is 0 Å². The monoisotopic (exact) mass is 173 g/mol. The molecule has 0 aliphatic carbocycles. The second-order valence-corrected chi connectivity index (χ2v) is 2.64. The van der Waals surface area contributed by atoms with Crippen LogP contribution >= 0.6 is 0 Å². The molecule has 2 nitrogen and oxygen atoms in total. The highest BCUT2D eigenvalue weighted by molar-refractivity contribution is 5.94. The lowest BCUT2D eigenvalue weighted by molar-refractivity contribution is 0.101. The van der Waals surface area contributed by atoms with Crippen molar-refractivity contribution >= 4 is 5.78 Å². The first-order valence-electron chi connectivity index (χ1n) is 4.04. The number of benzene rings is 1. The third-order valence-electron chi connectivity index (χ3n) is 1.63. The lowest BCUT2D eigenvalue weighted by atomic mass is 10.1. The van der Waals surface area contributed by atoms with Crippen molar-refractivity contribution < 1.29 is 4.79 Å². The van der Waals surface area contributed by atoms with Gasteiger partial charge in [0.2, 0.25) is 0 Å². The predicted molar refractivity (Wildman–Crippen MR) is 52.4 cm³/mol. The summed E-state index contributed by atoms with van der Waals surface area (Å²) in [7, 11) is 0. The highest BCUT2D eigenvalue weighted by Crippen LogP contribution is 2.03. The first-order chi connectivity index (χ1) is 6.24. The van der Waals surface area contributed by atoms with Gasteiger partial charge in [-0.05, 0) is 19.1 Å². The van der Waals surface area contributed by atoms with E-state index in [9.17, 15) is 4.79 Å². The van der Waals surface area contributed by atoms with Gasteiger partial charge in [0, 0.05) is 11.1 Å². The number of Topliss-reactive ketones (excluding diaryl/α,β-unsaturated/α-hetero) is 1. The molecule has 0 saturated heterocycles. The van der Waals surface area contributed by atoms with Gasteiger partial charge < -0.3 is 5.73 Å². The number of rotatable bonds is 1. The van der Waals surface area contributed by atoms with Gasteiger partial charge in [0.05, 0.1) is 6.54 Å². The van der Waals surface area contributed by atoms with E-state index in [0.717, 1.165) is 5.56 Å². The zero-order valence-corrected chi connectivity index (χ0v) is 7.50. The largest absolute Gasteiger partial charge is 0.320 e. The fourth-order valence-corrected chi connectivity index (χ4v) is 0.941. The number of nitrogens with two attached hydrogens (primary N) is 1. The summed E-state index contributed by atoms with van der Waals surface area (Å²) in [4.78, 5) is 10.9. The molecule has 0 amide bonds. The highest BCUT2D eigenvalue weighted by Gasteiger charge is 1.96. The summed E-state index contributed by atoms with van der Waals surface area (Å²) in [5, 5.41) is 0. The van der Waals surface area contributed by atoms with E-state index in [4.69, 9.17) is 5.73 Å². The zero-order valence-electron chi connectivity index (χ0n) is 7.50. The summed E-state index contributed by atoms with van der Waals surface area (Å²) in [6, 6.07) is 7.17. The fourth-order valence-electron chi connectivity index (χ4n) is 0.941. The average Bonchev–Trinajstić information content (AvgIpc) is 2.15. The molecule has 0 aromatic heterocycles. The summed E-state index contributed by atoms with van der Waals surface area (Å²) in [6.07, 6.45) is 0. The molecular formula is C11H11NO. The molecule has 0 radical (unpaired) electrons. The Morgan fingerprint density at radius 2 is 2.00 bits per heavy atom. The van der Waals surface area contributed by atoms with Crippen molar-refractivity contribution in [3.05, 3.63) is 35.4 Å². The van der Waals surface area contributed by atoms with Gasteiger partial charge >= 0.3 is 0 Å². The maximum atomic E-state index is 10.9.